The molecule has 1 aromatic heterocycles. The van der Waals surface area contributed by atoms with Crippen molar-refractivity contribution in [3.8, 4) is 28.1 Å². The fourth-order valence-electron chi connectivity index (χ4n) is 3.37. The van der Waals surface area contributed by atoms with Gasteiger partial charge in [-0.25, -0.2) is 27.0 Å². The molecule has 0 saturated carbocycles. The van der Waals surface area contributed by atoms with Crippen molar-refractivity contribution in [2.75, 3.05) is 0 Å². The summed E-state index contributed by atoms with van der Waals surface area (Å²) in [4.78, 5) is -0.104. The minimum atomic E-state index is -3.92. The summed E-state index contributed by atoms with van der Waals surface area (Å²) in [6.07, 6.45) is -2.90. The molecular formula is C22H15Cl2F2N3O2S. The monoisotopic (exact) mass is 493 g/mol. The number of aromatic nitrogens is 2. The normalized spacial score (nSPS) is 11.8. The van der Waals surface area contributed by atoms with E-state index in [-0.39, 0.29) is 15.5 Å². The van der Waals surface area contributed by atoms with Crippen LogP contribution < -0.4 is 5.14 Å². The first-order valence-electron chi connectivity index (χ1n) is 9.22. The molecule has 0 aliphatic carbocycles. The number of nitrogens with zero attached hydrogens (tertiary/aromatic N) is 2. The number of alkyl halides is 2. The Bertz CT molecular complexity index is 1390. The summed E-state index contributed by atoms with van der Waals surface area (Å²) in [5.41, 5.74) is 1.27. The number of sulfonamides is 1. The van der Waals surface area contributed by atoms with Crippen molar-refractivity contribution in [1.29, 1.82) is 0 Å². The highest BCUT2D eigenvalue weighted by Gasteiger charge is 2.28. The van der Waals surface area contributed by atoms with E-state index in [1.807, 2.05) is 0 Å². The van der Waals surface area contributed by atoms with Gasteiger partial charge in [-0.2, -0.15) is 5.10 Å². The Hall–Kier alpha value is -2.78. The molecule has 4 rings (SSSR count). The summed E-state index contributed by atoms with van der Waals surface area (Å²) < 4.78 is 53.0. The van der Waals surface area contributed by atoms with Crippen LogP contribution in [-0.2, 0) is 10.0 Å². The van der Waals surface area contributed by atoms with Crippen molar-refractivity contribution in [2.45, 2.75) is 11.3 Å². The minimum Gasteiger partial charge on any atom is -0.232 e. The predicted molar refractivity (Wildman–Crippen MR) is 121 cm³/mol. The lowest BCUT2D eigenvalue weighted by Crippen LogP contribution is -2.11. The maximum atomic E-state index is 14.1. The average Bonchev–Trinajstić information content (AvgIpc) is 3.14. The van der Waals surface area contributed by atoms with Crippen molar-refractivity contribution in [1.82, 2.24) is 9.78 Å². The van der Waals surface area contributed by atoms with Gasteiger partial charge in [0.15, 0.2) is 0 Å². The Balaban J connectivity index is 2.07. The topological polar surface area (TPSA) is 78.0 Å². The van der Waals surface area contributed by atoms with Crippen LogP contribution in [0, 0.1) is 0 Å². The molecule has 1 heterocycles. The van der Waals surface area contributed by atoms with Crippen molar-refractivity contribution < 1.29 is 17.2 Å². The first-order valence-corrected chi connectivity index (χ1v) is 11.5. The molecule has 0 amide bonds. The maximum absolute atomic E-state index is 14.1. The van der Waals surface area contributed by atoms with E-state index in [0.29, 0.717) is 27.5 Å². The maximum Gasteiger partial charge on any atom is 0.282 e. The molecule has 10 heteroatoms. The number of benzene rings is 3. The largest absolute Gasteiger partial charge is 0.282 e. The molecule has 4 aromatic rings. The third kappa shape index (κ3) is 4.27. The van der Waals surface area contributed by atoms with Crippen LogP contribution in [0.2, 0.25) is 10.0 Å². The molecule has 0 radical (unpaired) electrons. The van der Waals surface area contributed by atoms with E-state index in [2.05, 4.69) is 5.10 Å². The van der Waals surface area contributed by atoms with Crippen LogP contribution in [0.1, 0.15) is 12.1 Å². The third-order valence-corrected chi connectivity index (χ3v) is 6.25. The SMILES string of the molecule is NS(=O)(=O)c1ccc(-c2c(-c3ccc(Cl)cc3Cl)c(C(F)F)nn2-c2ccccc2)cc1. The number of primary sulfonamides is 1. The molecule has 0 aliphatic heterocycles. The number of para-hydroxylation sites is 1. The molecule has 164 valence electrons. The van der Waals surface area contributed by atoms with Gasteiger partial charge in [0.25, 0.3) is 6.43 Å². The molecule has 0 aliphatic rings. The van der Waals surface area contributed by atoms with Crippen LogP contribution >= 0.6 is 23.2 Å². The van der Waals surface area contributed by atoms with Gasteiger partial charge in [-0.05, 0) is 36.4 Å². The molecule has 0 saturated heterocycles. The first kappa shape index (κ1) is 22.4. The highest BCUT2D eigenvalue weighted by molar-refractivity contribution is 7.89. The third-order valence-electron chi connectivity index (χ3n) is 4.78. The smallest absolute Gasteiger partial charge is 0.232 e. The van der Waals surface area contributed by atoms with E-state index >= 15 is 0 Å². The quantitative estimate of drug-likeness (QED) is 0.364. The molecular weight excluding hydrogens is 479 g/mol. The number of hydrogen-bond acceptors (Lipinski definition) is 3. The predicted octanol–water partition coefficient (Wildman–Crippen LogP) is 6.10. The average molecular weight is 494 g/mol. The Morgan fingerprint density at radius 3 is 2.16 bits per heavy atom. The highest BCUT2D eigenvalue weighted by Crippen LogP contribution is 2.43. The van der Waals surface area contributed by atoms with Crippen molar-refractivity contribution in [3.63, 3.8) is 0 Å². The Morgan fingerprint density at radius 2 is 1.59 bits per heavy atom. The van der Waals surface area contributed by atoms with Crippen LogP contribution in [-0.4, -0.2) is 18.2 Å². The lowest BCUT2D eigenvalue weighted by molar-refractivity contribution is 0.146. The minimum absolute atomic E-state index is 0.104. The van der Waals surface area contributed by atoms with E-state index in [1.165, 1.54) is 35.0 Å². The van der Waals surface area contributed by atoms with E-state index in [1.54, 1.807) is 42.5 Å². The summed E-state index contributed by atoms with van der Waals surface area (Å²) in [7, 11) is -3.92. The van der Waals surface area contributed by atoms with E-state index in [9.17, 15) is 17.2 Å². The van der Waals surface area contributed by atoms with Crippen molar-refractivity contribution in [3.05, 3.63) is 88.5 Å². The highest BCUT2D eigenvalue weighted by atomic mass is 35.5. The second-order valence-corrected chi connectivity index (χ2v) is 9.26. The van der Waals surface area contributed by atoms with Gasteiger partial charge in [-0.1, -0.05) is 59.6 Å². The number of halogens is 4. The van der Waals surface area contributed by atoms with Gasteiger partial charge >= 0.3 is 0 Å². The molecule has 32 heavy (non-hydrogen) atoms. The van der Waals surface area contributed by atoms with Crippen LogP contribution in [0.5, 0.6) is 0 Å². The van der Waals surface area contributed by atoms with Crippen LogP contribution in [0.25, 0.3) is 28.1 Å². The Kier molecular flexibility index (Phi) is 6.05. The molecule has 5 nitrogen and oxygen atoms in total. The summed E-state index contributed by atoms with van der Waals surface area (Å²) >= 11 is 12.4. The zero-order chi connectivity index (χ0) is 23.0. The zero-order valence-corrected chi connectivity index (χ0v) is 18.5. The van der Waals surface area contributed by atoms with E-state index in [4.69, 9.17) is 28.3 Å². The first-order chi connectivity index (χ1) is 15.2. The Labute approximate surface area is 193 Å². The number of hydrogen-bond donors (Lipinski definition) is 1. The standard InChI is InChI=1S/C22H15Cl2F2N3O2S/c23-14-8-11-17(18(24)12-14)19-20(22(25)26)28-29(15-4-2-1-3-5-15)21(19)13-6-9-16(10-7-13)32(27,30)31/h1-12,22H,(H2,27,30,31). The second-order valence-electron chi connectivity index (χ2n) is 6.85. The van der Waals surface area contributed by atoms with Crippen LogP contribution in [0.3, 0.4) is 0 Å². The fourth-order valence-corrected chi connectivity index (χ4v) is 4.39. The van der Waals surface area contributed by atoms with Gasteiger partial charge in [-0.15, -0.1) is 0 Å². The number of nitrogens with two attached hydrogens (primary N) is 1. The van der Waals surface area contributed by atoms with Gasteiger partial charge in [-0.3, -0.25) is 0 Å². The zero-order valence-electron chi connectivity index (χ0n) is 16.2. The summed E-state index contributed by atoms with van der Waals surface area (Å²) in [6.45, 7) is 0. The van der Waals surface area contributed by atoms with Gasteiger partial charge in [0, 0.05) is 21.7 Å². The summed E-state index contributed by atoms with van der Waals surface area (Å²) in [6, 6.07) is 18.9. The van der Waals surface area contributed by atoms with Gasteiger partial charge in [0.1, 0.15) is 5.69 Å². The fraction of sp³-hybridized carbons (Fsp3) is 0.0455. The lowest BCUT2D eigenvalue weighted by Gasteiger charge is -2.12. The molecule has 2 N–H and O–H groups in total. The second kappa shape index (κ2) is 8.63. The van der Waals surface area contributed by atoms with E-state index < -0.39 is 22.1 Å². The molecule has 0 unspecified atom stereocenters. The molecule has 3 aromatic carbocycles. The van der Waals surface area contributed by atoms with Crippen LogP contribution in [0.15, 0.2) is 77.7 Å². The molecule has 0 spiro atoms. The molecule has 0 bridgehead atoms. The van der Waals surface area contributed by atoms with Gasteiger partial charge < -0.3 is 0 Å². The van der Waals surface area contributed by atoms with Crippen molar-refractivity contribution >= 4 is 33.2 Å². The van der Waals surface area contributed by atoms with Crippen LogP contribution in [0.4, 0.5) is 8.78 Å². The van der Waals surface area contributed by atoms with Crippen molar-refractivity contribution in [2.24, 2.45) is 5.14 Å². The molecule has 0 fully saturated rings. The van der Waals surface area contributed by atoms with Gasteiger partial charge in [0.2, 0.25) is 10.0 Å². The number of rotatable bonds is 5. The Morgan fingerprint density at radius 1 is 0.938 bits per heavy atom. The van der Waals surface area contributed by atoms with Gasteiger partial charge in [0.05, 0.1) is 21.3 Å². The summed E-state index contributed by atoms with van der Waals surface area (Å²) in [5, 5.41) is 9.92. The lowest BCUT2D eigenvalue weighted by atomic mass is 9.98. The summed E-state index contributed by atoms with van der Waals surface area (Å²) in [5.74, 6) is 0. The molecule has 0 atom stereocenters. The van der Waals surface area contributed by atoms with E-state index in [0.717, 1.165) is 0 Å².